The normalized spacial score (nSPS) is 16.0. The molecule has 1 aliphatic rings. The average molecular weight is 479 g/mol. The summed E-state index contributed by atoms with van der Waals surface area (Å²) in [4.78, 5) is 41.5. The first kappa shape index (κ1) is 23.5. The van der Waals surface area contributed by atoms with Crippen molar-refractivity contribution in [2.45, 2.75) is 31.9 Å². The summed E-state index contributed by atoms with van der Waals surface area (Å²) in [7, 11) is 0. The quantitative estimate of drug-likeness (QED) is 0.476. The molecule has 0 aliphatic carbocycles. The van der Waals surface area contributed by atoms with E-state index in [1.165, 1.54) is 11.3 Å². The van der Waals surface area contributed by atoms with Crippen molar-refractivity contribution in [3.05, 3.63) is 82.6 Å². The number of thiophene rings is 1. The fourth-order valence-corrected chi connectivity index (χ4v) is 4.62. The van der Waals surface area contributed by atoms with Crippen LogP contribution in [0.15, 0.2) is 72.1 Å². The van der Waals surface area contributed by atoms with E-state index in [-0.39, 0.29) is 5.91 Å². The number of esters is 1. The van der Waals surface area contributed by atoms with Gasteiger partial charge in [0.15, 0.2) is 0 Å². The van der Waals surface area contributed by atoms with Crippen LogP contribution in [0.5, 0.6) is 5.75 Å². The van der Waals surface area contributed by atoms with E-state index in [1.54, 1.807) is 59.5 Å². The van der Waals surface area contributed by atoms with Crippen molar-refractivity contribution in [2.24, 2.45) is 0 Å². The molecule has 2 aromatic carbocycles. The van der Waals surface area contributed by atoms with Crippen LogP contribution in [0.2, 0.25) is 0 Å². The lowest BCUT2D eigenvalue weighted by molar-refractivity contribution is -0.158. The van der Waals surface area contributed by atoms with Crippen LogP contribution in [0.4, 0.5) is 5.69 Å². The first-order chi connectivity index (χ1) is 16.6. The Kier molecular flexibility index (Phi) is 7.59. The molecule has 0 spiro atoms. The van der Waals surface area contributed by atoms with Gasteiger partial charge < -0.3 is 19.7 Å². The molecule has 176 valence electrons. The number of para-hydroxylation sites is 2. The number of benzene rings is 2. The number of likely N-dealkylation sites (tertiary alicyclic amines) is 1. The molecule has 2 heterocycles. The van der Waals surface area contributed by atoms with Crippen LogP contribution < -0.4 is 10.1 Å². The number of ether oxygens (including phenoxy) is 2. The number of carbonyl (C=O) groups excluding carboxylic acids is 3. The summed E-state index contributed by atoms with van der Waals surface area (Å²) < 4.78 is 11.4. The lowest BCUT2D eigenvalue weighted by atomic mass is 10.1. The summed E-state index contributed by atoms with van der Waals surface area (Å²) in [5.74, 6) is -0.758. The van der Waals surface area contributed by atoms with E-state index >= 15 is 0 Å². The van der Waals surface area contributed by atoms with Crippen molar-refractivity contribution in [1.82, 2.24) is 4.90 Å². The van der Waals surface area contributed by atoms with Gasteiger partial charge in [-0.1, -0.05) is 48.5 Å². The molecular formula is C26H26N2O5S. The Morgan fingerprint density at radius 1 is 1.06 bits per heavy atom. The van der Waals surface area contributed by atoms with Crippen LogP contribution in [0.3, 0.4) is 0 Å². The minimum atomic E-state index is -1.18. The predicted molar refractivity (Wildman–Crippen MR) is 130 cm³/mol. The standard InChI is InChI=1S/C26H26N2O5S/c1-2-32-21-14-7-6-12-19(21)27-24(29)23(18-10-4-3-5-11-18)33-26(31)20-13-8-16-28(20)25(30)22-15-9-17-34-22/h3-7,9-12,14-15,17,20,23H,2,8,13,16H2,1H3,(H,27,29). The van der Waals surface area contributed by atoms with Gasteiger partial charge in [0.1, 0.15) is 11.8 Å². The molecule has 0 radical (unpaired) electrons. The molecule has 1 fully saturated rings. The van der Waals surface area contributed by atoms with E-state index in [9.17, 15) is 14.4 Å². The SMILES string of the molecule is CCOc1ccccc1NC(=O)C(OC(=O)C1CCCN1C(=O)c1cccs1)c1ccccc1. The molecule has 2 atom stereocenters. The zero-order chi connectivity index (χ0) is 23.9. The molecule has 1 aromatic heterocycles. The Balaban J connectivity index is 1.54. The second kappa shape index (κ2) is 11.0. The Hall–Kier alpha value is -3.65. The maximum absolute atomic E-state index is 13.3. The lowest BCUT2D eigenvalue weighted by Gasteiger charge is -2.25. The summed E-state index contributed by atoms with van der Waals surface area (Å²) in [6.07, 6.45) is 0.00948. The second-order valence-corrected chi connectivity index (χ2v) is 8.73. The van der Waals surface area contributed by atoms with Crippen LogP contribution in [0.25, 0.3) is 0 Å². The highest BCUT2D eigenvalue weighted by molar-refractivity contribution is 7.12. The van der Waals surface area contributed by atoms with E-state index in [2.05, 4.69) is 5.32 Å². The number of amides is 2. The first-order valence-electron chi connectivity index (χ1n) is 11.2. The number of nitrogens with one attached hydrogen (secondary N) is 1. The van der Waals surface area contributed by atoms with Crippen LogP contribution in [-0.2, 0) is 14.3 Å². The third-order valence-electron chi connectivity index (χ3n) is 5.54. The van der Waals surface area contributed by atoms with Crippen molar-refractivity contribution in [3.8, 4) is 5.75 Å². The maximum Gasteiger partial charge on any atom is 0.329 e. The zero-order valence-electron chi connectivity index (χ0n) is 18.8. The van der Waals surface area contributed by atoms with Gasteiger partial charge >= 0.3 is 5.97 Å². The lowest BCUT2D eigenvalue weighted by Crippen LogP contribution is -2.42. The van der Waals surface area contributed by atoms with E-state index in [0.29, 0.717) is 47.9 Å². The van der Waals surface area contributed by atoms with E-state index < -0.39 is 24.0 Å². The molecule has 1 aliphatic heterocycles. The van der Waals surface area contributed by atoms with Crippen molar-refractivity contribution in [3.63, 3.8) is 0 Å². The molecule has 1 saturated heterocycles. The molecule has 3 aromatic rings. The van der Waals surface area contributed by atoms with Gasteiger partial charge in [-0.15, -0.1) is 11.3 Å². The maximum atomic E-state index is 13.3. The summed E-state index contributed by atoms with van der Waals surface area (Å²) >= 11 is 1.33. The predicted octanol–water partition coefficient (Wildman–Crippen LogP) is 4.67. The van der Waals surface area contributed by atoms with Gasteiger partial charge in [-0.2, -0.15) is 0 Å². The summed E-state index contributed by atoms with van der Waals surface area (Å²) in [6.45, 7) is 2.78. The molecule has 0 saturated carbocycles. The van der Waals surface area contributed by atoms with Gasteiger partial charge in [-0.3, -0.25) is 9.59 Å². The minimum absolute atomic E-state index is 0.194. The zero-order valence-corrected chi connectivity index (χ0v) is 19.6. The Bertz CT molecular complexity index is 1130. The number of rotatable bonds is 8. The minimum Gasteiger partial charge on any atom is -0.492 e. The Morgan fingerprint density at radius 3 is 2.56 bits per heavy atom. The second-order valence-electron chi connectivity index (χ2n) is 7.78. The van der Waals surface area contributed by atoms with Gasteiger partial charge in [0.05, 0.1) is 17.2 Å². The third-order valence-corrected chi connectivity index (χ3v) is 6.39. The van der Waals surface area contributed by atoms with Crippen molar-refractivity contribution < 1.29 is 23.9 Å². The van der Waals surface area contributed by atoms with Crippen LogP contribution in [0.1, 0.15) is 41.1 Å². The first-order valence-corrected chi connectivity index (χ1v) is 12.1. The molecule has 8 heteroatoms. The fourth-order valence-electron chi connectivity index (χ4n) is 3.94. The van der Waals surface area contributed by atoms with Gasteiger partial charge in [0.2, 0.25) is 6.10 Å². The molecule has 1 N–H and O–H groups in total. The molecular weight excluding hydrogens is 452 g/mol. The molecule has 2 amide bonds. The van der Waals surface area contributed by atoms with Gasteiger partial charge in [-0.25, -0.2) is 4.79 Å². The molecule has 2 unspecified atom stereocenters. The van der Waals surface area contributed by atoms with Crippen LogP contribution in [0, 0.1) is 0 Å². The van der Waals surface area contributed by atoms with Crippen LogP contribution in [-0.4, -0.2) is 41.9 Å². The fraction of sp³-hybridized carbons (Fsp3) is 0.269. The topological polar surface area (TPSA) is 84.9 Å². The number of hydrogen-bond acceptors (Lipinski definition) is 6. The monoisotopic (exact) mass is 478 g/mol. The molecule has 34 heavy (non-hydrogen) atoms. The largest absolute Gasteiger partial charge is 0.492 e. The van der Waals surface area contributed by atoms with Crippen LogP contribution >= 0.6 is 11.3 Å². The molecule has 0 bridgehead atoms. The van der Waals surface area contributed by atoms with Gasteiger partial charge in [0.25, 0.3) is 11.8 Å². The van der Waals surface area contributed by atoms with E-state index in [0.717, 1.165) is 0 Å². The van der Waals surface area contributed by atoms with E-state index in [4.69, 9.17) is 9.47 Å². The highest BCUT2D eigenvalue weighted by Gasteiger charge is 2.38. The Morgan fingerprint density at radius 2 is 1.82 bits per heavy atom. The number of hydrogen-bond donors (Lipinski definition) is 1. The number of anilines is 1. The highest BCUT2D eigenvalue weighted by Crippen LogP contribution is 2.29. The number of nitrogens with zero attached hydrogens (tertiary/aromatic N) is 1. The highest BCUT2D eigenvalue weighted by atomic mass is 32.1. The number of carbonyl (C=O) groups is 3. The van der Waals surface area contributed by atoms with Gasteiger partial charge in [0, 0.05) is 12.1 Å². The van der Waals surface area contributed by atoms with Crippen molar-refractivity contribution in [2.75, 3.05) is 18.5 Å². The smallest absolute Gasteiger partial charge is 0.329 e. The van der Waals surface area contributed by atoms with Crippen molar-refractivity contribution >= 4 is 34.8 Å². The van der Waals surface area contributed by atoms with Gasteiger partial charge in [-0.05, 0) is 43.3 Å². The molecule has 7 nitrogen and oxygen atoms in total. The summed E-state index contributed by atoms with van der Waals surface area (Å²) in [5, 5.41) is 4.65. The summed E-state index contributed by atoms with van der Waals surface area (Å²) in [5.41, 5.74) is 1.03. The summed E-state index contributed by atoms with van der Waals surface area (Å²) in [6, 6.07) is 18.7. The Labute approximate surface area is 202 Å². The molecule has 4 rings (SSSR count). The van der Waals surface area contributed by atoms with Crippen molar-refractivity contribution in [1.29, 1.82) is 0 Å². The third kappa shape index (κ3) is 5.28. The average Bonchev–Trinajstić information content (AvgIpc) is 3.56. The van der Waals surface area contributed by atoms with E-state index in [1.807, 2.05) is 24.4 Å².